The van der Waals surface area contributed by atoms with Crippen LogP contribution in [0.2, 0.25) is 0 Å². The zero-order valence-electron chi connectivity index (χ0n) is 18.8. The Morgan fingerprint density at radius 2 is 1.76 bits per heavy atom. The van der Waals surface area contributed by atoms with Crippen LogP contribution >= 0.6 is 0 Å². The molecule has 2 amide bonds. The molecule has 2 heterocycles. The van der Waals surface area contributed by atoms with Crippen molar-refractivity contribution in [3.8, 4) is 11.5 Å². The van der Waals surface area contributed by atoms with Gasteiger partial charge in [-0.2, -0.15) is 0 Å². The minimum absolute atomic E-state index is 0.114. The second-order valence-electron chi connectivity index (χ2n) is 7.94. The van der Waals surface area contributed by atoms with Crippen molar-refractivity contribution < 1.29 is 19.1 Å². The molecule has 0 saturated carbocycles. The van der Waals surface area contributed by atoms with Crippen molar-refractivity contribution in [3.05, 3.63) is 89.2 Å². The van der Waals surface area contributed by atoms with Crippen LogP contribution in [0, 0.1) is 0 Å². The molecule has 0 saturated heterocycles. The van der Waals surface area contributed by atoms with E-state index < -0.39 is 6.04 Å². The number of benzene rings is 2. The number of rotatable bonds is 7. The van der Waals surface area contributed by atoms with Gasteiger partial charge in [-0.25, -0.2) is 0 Å². The van der Waals surface area contributed by atoms with E-state index in [-0.39, 0.29) is 11.8 Å². The molecular formula is C26H27N3O4. The second kappa shape index (κ2) is 10.2. The Kier molecular flexibility index (Phi) is 6.88. The molecular weight excluding hydrogens is 418 g/mol. The molecule has 33 heavy (non-hydrogen) atoms. The van der Waals surface area contributed by atoms with Crippen LogP contribution < -0.4 is 14.8 Å². The standard InChI is InChI=1S/C26H27N3O4/c1-32-23-14-19-10-12-29(17-21(19)15-24(23)33-2)26(31)22(13-18-7-4-3-5-8-18)28-25(30)20-9-6-11-27-16-20/h3-9,11,14-16,22H,10,12-13,17H2,1-2H3,(H,28,30). The third-order valence-electron chi connectivity index (χ3n) is 5.84. The van der Waals surface area contributed by atoms with E-state index in [2.05, 4.69) is 10.3 Å². The topological polar surface area (TPSA) is 80.8 Å². The summed E-state index contributed by atoms with van der Waals surface area (Å²) >= 11 is 0. The van der Waals surface area contributed by atoms with Gasteiger partial charge in [0.1, 0.15) is 6.04 Å². The lowest BCUT2D eigenvalue weighted by Crippen LogP contribution is -2.50. The average molecular weight is 446 g/mol. The van der Waals surface area contributed by atoms with Crippen LogP contribution in [0.25, 0.3) is 0 Å². The number of methoxy groups -OCH3 is 2. The van der Waals surface area contributed by atoms with E-state index in [9.17, 15) is 9.59 Å². The van der Waals surface area contributed by atoms with Crippen molar-refractivity contribution in [2.75, 3.05) is 20.8 Å². The molecule has 4 rings (SSSR count). The van der Waals surface area contributed by atoms with Crippen molar-refractivity contribution in [2.24, 2.45) is 0 Å². The van der Waals surface area contributed by atoms with E-state index in [0.717, 1.165) is 16.7 Å². The van der Waals surface area contributed by atoms with Gasteiger partial charge in [0.15, 0.2) is 11.5 Å². The minimum Gasteiger partial charge on any atom is -0.493 e. The third-order valence-corrected chi connectivity index (χ3v) is 5.84. The Hall–Kier alpha value is -3.87. The molecule has 3 aromatic rings. The number of hydrogen-bond donors (Lipinski definition) is 1. The number of carbonyl (C=O) groups excluding carboxylic acids is 2. The highest BCUT2D eigenvalue weighted by molar-refractivity contribution is 5.97. The molecule has 1 aliphatic heterocycles. The van der Waals surface area contributed by atoms with Crippen LogP contribution in [0.15, 0.2) is 67.0 Å². The van der Waals surface area contributed by atoms with Crippen LogP contribution in [-0.4, -0.2) is 48.5 Å². The van der Waals surface area contributed by atoms with E-state index in [1.807, 2.05) is 42.5 Å². The van der Waals surface area contributed by atoms with Crippen LogP contribution in [0.1, 0.15) is 27.0 Å². The van der Waals surface area contributed by atoms with Gasteiger partial charge < -0.3 is 19.7 Å². The fourth-order valence-corrected chi connectivity index (χ4v) is 4.08. The Labute approximate surface area is 193 Å². The monoisotopic (exact) mass is 445 g/mol. The summed E-state index contributed by atoms with van der Waals surface area (Å²) in [6.45, 7) is 1.01. The normalized spacial score (nSPS) is 13.6. The van der Waals surface area contributed by atoms with Gasteiger partial charge in [0.25, 0.3) is 5.91 Å². The molecule has 0 fully saturated rings. The predicted molar refractivity (Wildman–Crippen MR) is 124 cm³/mol. The van der Waals surface area contributed by atoms with E-state index in [1.54, 1.807) is 37.4 Å². The quantitative estimate of drug-likeness (QED) is 0.605. The molecule has 170 valence electrons. The first-order chi connectivity index (χ1) is 16.1. The summed E-state index contributed by atoms with van der Waals surface area (Å²) in [5.74, 6) is 0.885. The van der Waals surface area contributed by atoms with E-state index >= 15 is 0 Å². The lowest BCUT2D eigenvalue weighted by atomic mass is 9.97. The average Bonchev–Trinajstić information content (AvgIpc) is 2.87. The smallest absolute Gasteiger partial charge is 0.253 e. The zero-order valence-corrected chi connectivity index (χ0v) is 18.8. The van der Waals surface area contributed by atoms with Gasteiger partial charge in [-0.05, 0) is 47.4 Å². The molecule has 1 atom stereocenters. The van der Waals surface area contributed by atoms with Gasteiger partial charge in [0.2, 0.25) is 5.91 Å². The summed E-state index contributed by atoms with van der Waals surface area (Å²) in [4.78, 5) is 32.2. The lowest BCUT2D eigenvalue weighted by Gasteiger charge is -2.32. The van der Waals surface area contributed by atoms with Gasteiger partial charge >= 0.3 is 0 Å². The minimum atomic E-state index is -0.693. The van der Waals surface area contributed by atoms with Gasteiger partial charge in [0.05, 0.1) is 19.8 Å². The van der Waals surface area contributed by atoms with Crippen molar-refractivity contribution >= 4 is 11.8 Å². The predicted octanol–water partition coefficient (Wildman–Crippen LogP) is 3.02. The summed E-state index contributed by atoms with van der Waals surface area (Å²) in [5.41, 5.74) is 3.55. The Bertz CT molecular complexity index is 1120. The Balaban J connectivity index is 1.56. The molecule has 1 aromatic heterocycles. The van der Waals surface area contributed by atoms with Gasteiger partial charge in [-0.15, -0.1) is 0 Å². The maximum Gasteiger partial charge on any atom is 0.253 e. The van der Waals surface area contributed by atoms with Gasteiger partial charge in [-0.1, -0.05) is 30.3 Å². The van der Waals surface area contributed by atoms with E-state index in [4.69, 9.17) is 9.47 Å². The van der Waals surface area contributed by atoms with Gasteiger partial charge in [-0.3, -0.25) is 14.6 Å². The largest absolute Gasteiger partial charge is 0.493 e. The summed E-state index contributed by atoms with van der Waals surface area (Å²) in [5, 5.41) is 2.93. The highest BCUT2D eigenvalue weighted by Crippen LogP contribution is 2.33. The number of nitrogens with zero attached hydrogens (tertiary/aromatic N) is 2. The second-order valence-corrected chi connectivity index (χ2v) is 7.94. The number of aromatic nitrogens is 1. The summed E-state index contributed by atoms with van der Waals surface area (Å²) in [7, 11) is 3.21. The molecule has 0 bridgehead atoms. The number of fused-ring (bicyclic) bond motifs is 1. The third kappa shape index (κ3) is 5.14. The first-order valence-corrected chi connectivity index (χ1v) is 10.9. The van der Waals surface area contributed by atoms with E-state index in [1.165, 1.54) is 6.20 Å². The Morgan fingerprint density at radius 3 is 2.42 bits per heavy atom. The molecule has 1 aliphatic rings. The SMILES string of the molecule is COc1cc2c(cc1OC)CN(C(=O)C(Cc1ccccc1)NC(=O)c1cccnc1)CC2. The van der Waals surface area contributed by atoms with Crippen molar-refractivity contribution in [2.45, 2.75) is 25.4 Å². The Morgan fingerprint density at radius 1 is 1.03 bits per heavy atom. The van der Waals surface area contributed by atoms with Crippen LogP contribution in [0.5, 0.6) is 11.5 Å². The molecule has 0 radical (unpaired) electrons. The van der Waals surface area contributed by atoms with E-state index in [0.29, 0.717) is 43.0 Å². The molecule has 7 nitrogen and oxygen atoms in total. The van der Waals surface area contributed by atoms with Crippen molar-refractivity contribution in [1.82, 2.24) is 15.2 Å². The van der Waals surface area contributed by atoms with Crippen molar-refractivity contribution in [1.29, 1.82) is 0 Å². The molecule has 2 aromatic carbocycles. The van der Waals surface area contributed by atoms with Crippen LogP contribution in [-0.2, 0) is 24.2 Å². The number of hydrogen-bond acceptors (Lipinski definition) is 5. The number of ether oxygens (including phenoxy) is 2. The zero-order chi connectivity index (χ0) is 23.2. The van der Waals surface area contributed by atoms with Gasteiger partial charge in [0, 0.05) is 31.9 Å². The number of nitrogens with one attached hydrogen (secondary N) is 1. The van der Waals surface area contributed by atoms with Crippen LogP contribution in [0.4, 0.5) is 0 Å². The van der Waals surface area contributed by atoms with Crippen molar-refractivity contribution in [3.63, 3.8) is 0 Å². The number of pyridine rings is 1. The summed E-state index contributed by atoms with van der Waals surface area (Å²) in [6.07, 6.45) is 4.21. The molecule has 1 N–H and O–H groups in total. The highest BCUT2D eigenvalue weighted by atomic mass is 16.5. The highest BCUT2D eigenvalue weighted by Gasteiger charge is 2.30. The number of amides is 2. The molecule has 0 aliphatic carbocycles. The first kappa shape index (κ1) is 22.3. The summed E-state index contributed by atoms with van der Waals surface area (Å²) in [6, 6.07) is 16.3. The molecule has 7 heteroatoms. The maximum absolute atomic E-state index is 13.6. The first-order valence-electron chi connectivity index (χ1n) is 10.9. The molecule has 1 unspecified atom stereocenters. The fourth-order valence-electron chi connectivity index (χ4n) is 4.08. The van der Waals surface area contributed by atoms with Crippen LogP contribution in [0.3, 0.4) is 0 Å². The fraction of sp³-hybridized carbons (Fsp3) is 0.269. The number of carbonyl (C=O) groups is 2. The lowest BCUT2D eigenvalue weighted by molar-refractivity contribution is -0.134. The summed E-state index contributed by atoms with van der Waals surface area (Å²) < 4.78 is 10.8. The maximum atomic E-state index is 13.6. The molecule has 0 spiro atoms.